The summed E-state index contributed by atoms with van der Waals surface area (Å²) in [6.45, 7) is 28.7. The van der Waals surface area contributed by atoms with Crippen molar-refractivity contribution >= 4 is 35.3 Å². The van der Waals surface area contributed by atoms with Crippen molar-refractivity contribution in [1.82, 2.24) is 0 Å². The smallest absolute Gasteiger partial charge is 0.261 e. The summed E-state index contributed by atoms with van der Waals surface area (Å²) >= 11 is 0. The molecule has 0 radical (unpaired) electrons. The highest BCUT2D eigenvalue weighted by Gasteiger charge is 2.50. The lowest BCUT2D eigenvalue weighted by molar-refractivity contribution is 0.0183. The highest BCUT2D eigenvalue weighted by molar-refractivity contribution is 6.99. The van der Waals surface area contributed by atoms with Crippen molar-refractivity contribution in [3.05, 3.63) is 60.7 Å². The van der Waals surface area contributed by atoms with E-state index in [9.17, 15) is 5.11 Å². The molecule has 0 fully saturated rings. The van der Waals surface area contributed by atoms with Crippen LogP contribution in [0.5, 0.6) is 0 Å². The summed E-state index contributed by atoms with van der Waals surface area (Å²) in [5.74, 6) is 0.209. The third-order valence-corrected chi connectivity index (χ3v) is 25.0. The molecule has 2 aromatic carbocycles. The number of aliphatic hydroxyl groups excluding tert-OH is 1. The molecule has 0 heterocycles. The lowest BCUT2D eigenvalue weighted by Crippen LogP contribution is -2.66. The van der Waals surface area contributed by atoms with Gasteiger partial charge in [0, 0.05) is 19.1 Å². The predicted molar refractivity (Wildman–Crippen MR) is 202 cm³/mol. The number of unbranched alkanes of at least 4 members (excludes halogenated alkanes) is 1. The van der Waals surface area contributed by atoms with E-state index in [1.165, 1.54) is 10.4 Å². The van der Waals surface area contributed by atoms with Gasteiger partial charge >= 0.3 is 0 Å². The van der Waals surface area contributed by atoms with Gasteiger partial charge in [0.2, 0.25) is 0 Å². The molecule has 0 aliphatic rings. The molecule has 2 aromatic rings. The minimum absolute atomic E-state index is 0.00785. The van der Waals surface area contributed by atoms with Crippen LogP contribution in [0.25, 0.3) is 0 Å². The summed E-state index contributed by atoms with van der Waals surface area (Å²) in [4.78, 5) is 0. The van der Waals surface area contributed by atoms with Gasteiger partial charge in [-0.2, -0.15) is 0 Å². The molecular weight excluding hydrogens is 605 g/mol. The molecule has 4 nitrogen and oxygen atoms in total. The van der Waals surface area contributed by atoms with Crippen LogP contribution in [0.2, 0.25) is 41.3 Å². The van der Waals surface area contributed by atoms with Crippen molar-refractivity contribution in [2.75, 3.05) is 13.2 Å². The van der Waals surface area contributed by atoms with E-state index >= 15 is 0 Å². The minimum atomic E-state index is -2.54. The highest BCUT2D eigenvalue weighted by atomic mass is 28.4. The normalized spacial score (nSPS) is 15.6. The highest BCUT2D eigenvalue weighted by Crippen LogP contribution is 2.40. The third-order valence-electron chi connectivity index (χ3n) is 10.8. The van der Waals surface area contributed by atoms with Gasteiger partial charge in [-0.15, -0.1) is 0 Å². The summed E-state index contributed by atoms with van der Waals surface area (Å²) in [5, 5.41) is 12.9. The Morgan fingerprint density at radius 1 is 0.667 bits per heavy atom. The molecule has 0 spiro atoms. The van der Waals surface area contributed by atoms with Gasteiger partial charge in [0.05, 0.1) is 12.2 Å². The maximum Gasteiger partial charge on any atom is 0.261 e. The zero-order chi connectivity index (χ0) is 33.9. The molecule has 3 atom stereocenters. The van der Waals surface area contributed by atoms with E-state index in [1.54, 1.807) is 0 Å². The topological polar surface area (TPSA) is 47.9 Å². The fourth-order valence-electron chi connectivity index (χ4n) is 6.54. The second-order valence-corrected chi connectivity index (χ2v) is 29.5. The first-order valence-electron chi connectivity index (χ1n) is 17.8. The summed E-state index contributed by atoms with van der Waals surface area (Å²) in [5.41, 5.74) is 0. The fraction of sp³-hybridized carbons (Fsp3) is 0.684. The Hall–Kier alpha value is -1.07. The van der Waals surface area contributed by atoms with Gasteiger partial charge in [0.1, 0.15) is 0 Å². The average molecular weight is 673 g/mol. The Kier molecular flexibility index (Phi) is 15.5. The lowest BCUT2D eigenvalue weighted by atomic mass is 9.92. The number of rotatable bonds is 19. The largest absolute Gasteiger partial charge is 0.414 e. The monoisotopic (exact) mass is 672 g/mol. The van der Waals surface area contributed by atoms with Gasteiger partial charge in [-0.25, -0.2) is 0 Å². The molecule has 0 unspecified atom stereocenters. The number of aliphatic hydroxyl groups is 1. The molecule has 1 N–H and O–H groups in total. The van der Waals surface area contributed by atoms with Crippen LogP contribution in [0.15, 0.2) is 60.7 Å². The van der Waals surface area contributed by atoms with E-state index in [-0.39, 0.29) is 34.8 Å². The molecule has 0 aromatic heterocycles. The first kappa shape index (κ1) is 40.1. The fourth-order valence-corrected chi connectivity index (χ4v) is 15.6. The molecular formula is C38H68O4Si3. The van der Waals surface area contributed by atoms with Crippen LogP contribution in [0.4, 0.5) is 0 Å². The van der Waals surface area contributed by atoms with Crippen LogP contribution < -0.4 is 10.4 Å². The molecule has 0 amide bonds. The molecule has 0 bridgehead atoms. The van der Waals surface area contributed by atoms with E-state index in [4.69, 9.17) is 13.3 Å². The standard InChI is InChI=1S/C38H68O4Si3/c1-13-44(14-2,15-3)42-35(32(4)36(29-30-39)41-43(11,12)37(5,6)7)28-22-23-31-40-45(38(8,9)10,33-24-18-16-19-25-33)34-26-20-17-21-27-34/h16-21,24-27,32,35-36,39H,13-15,22-23,28-31H2,1-12H3/t32-,35+,36-/m0/s1. The Morgan fingerprint density at radius 2 is 1.13 bits per heavy atom. The van der Waals surface area contributed by atoms with Gasteiger partial charge in [-0.3, -0.25) is 0 Å². The molecule has 0 saturated carbocycles. The van der Waals surface area contributed by atoms with Crippen LogP contribution in [0.1, 0.15) is 94.9 Å². The zero-order valence-electron chi connectivity index (χ0n) is 31.0. The van der Waals surface area contributed by atoms with Crippen molar-refractivity contribution < 1.29 is 18.4 Å². The van der Waals surface area contributed by atoms with Gasteiger partial charge < -0.3 is 18.4 Å². The Morgan fingerprint density at radius 3 is 1.53 bits per heavy atom. The molecule has 2 rings (SSSR count). The first-order chi connectivity index (χ1) is 21.0. The van der Waals surface area contributed by atoms with Crippen LogP contribution in [-0.4, -0.2) is 55.5 Å². The second kappa shape index (κ2) is 17.4. The summed E-state index contributed by atoms with van der Waals surface area (Å²) in [7, 11) is -6.41. The summed E-state index contributed by atoms with van der Waals surface area (Å²) in [6.07, 6.45) is 3.79. The van der Waals surface area contributed by atoms with Crippen molar-refractivity contribution in [2.24, 2.45) is 5.92 Å². The van der Waals surface area contributed by atoms with Crippen LogP contribution >= 0.6 is 0 Å². The van der Waals surface area contributed by atoms with Crippen LogP contribution in [0, 0.1) is 5.92 Å². The third kappa shape index (κ3) is 10.2. The molecule has 7 heteroatoms. The van der Waals surface area contributed by atoms with Gasteiger partial charge in [0.25, 0.3) is 8.32 Å². The predicted octanol–water partition coefficient (Wildman–Crippen LogP) is 9.53. The van der Waals surface area contributed by atoms with Gasteiger partial charge in [-0.05, 0) is 77.4 Å². The summed E-state index contributed by atoms with van der Waals surface area (Å²) in [6, 6.07) is 25.3. The first-order valence-corrected chi connectivity index (χ1v) is 25.1. The van der Waals surface area contributed by atoms with Gasteiger partial charge in [0.15, 0.2) is 16.6 Å². The van der Waals surface area contributed by atoms with E-state index in [0.717, 1.165) is 44.0 Å². The lowest BCUT2D eigenvalue weighted by Gasteiger charge is -2.44. The average Bonchev–Trinajstić information content (AvgIpc) is 3.00. The van der Waals surface area contributed by atoms with Crippen LogP contribution in [0.3, 0.4) is 0 Å². The van der Waals surface area contributed by atoms with Crippen molar-refractivity contribution in [3.63, 3.8) is 0 Å². The van der Waals surface area contributed by atoms with E-state index in [1.807, 2.05) is 0 Å². The maximum absolute atomic E-state index is 10.1. The second-order valence-electron chi connectivity index (χ2n) is 15.7. The number of benzene rings is 2. The van der Waals surface area contributed by atoms with E-state index in [2.05, 4.69) is 143 Å². The summed E-state index contributed by atoms with van der Waals surface area (Å²) < 4.78 is 21.5. The van der Waals surface area contributed by atoms with E-state index < -0.39 is 25.0 Å². The van der Waals surface area contributed by atoms with Crippen molar-refractivity contribution in [3.8, 4) is 0 Å². The van der Waals surface area contributed by atoms with E-state index in [0.29, 0.717) is 6.42 Å². The maximum atomic E-state index is 10.1. The molecule has 0 aliphatic heterocycles. The zero-order valence-corrected chi connectivity index (χ0v) is 34.0. The molecule has 256 valence electrons. The van der Waals surface area contributed by atoms with Crippen molar-refractivity contribution in [1.29, 1.82) is 0 Å². The Bertz CT molecular complexity index is 1040. The van der Waals surface area contributed by atoms with Crippen molar-refractivity contribution in [2.45, 2.75) is 148 Å². The quantitative estimate of drug-likeness (QED) is 0.119. The Balaban J connectivity index is 2.32. The SMILES string of the molecule is CC[Si](CC)(CC)O[C@H](CCCCO[Si](c1ccccc1)(c1ccccc1)C(C)(C)C)[C@H](C)[C@H](CCO)O[Si](C)(C)C(C)(C)C. The molecule has 0 aliphatic carbocycles. The Labute approximate surface area is 281 Å². The van der Waals surface area contributed by atoms with Gasteiger partial charge in [-0.1, -0.05) is 130 Å². The minimum Gasteiger partial charge on any atom is -0.414 e. The number of hydrogen-bond acceptors (Lipinski definition) is 4. The van der Waals surface area contributed by atoms with Crippen LogP contribution in [-0.2, 0) is 13.3 Å². The number of hydrogen-bond donors (Lipinski definition) is 1. The molecule has 0 saturated heterocycles. The molecule has 45 heavy (non-hydrogen) atoms.